The Labute approximate surface area is 126 Å². The summed E-state index contributed by atoms with van der Waals surface area (Å²) in [5, 5.41) is 6.59. The third kappa shape index (κ3) is 3.85. The zero-order chi connectivity index (χ0) is 15.2. The zero-order valence-electron chi connectivity index (χ0n) is 12.7. The van der Waals surface area contributed by atoms with Crippen LogP contribution < -0.4 is 10.6 Å². The predicted octanol–water partition coefficient (Wildman–Crippen LogP) is 3.87. The van der Waals surface area contributed by atoms with E-state index in [1.165, 1.54) is 6.20 Å². The average molecular weight is 298 g/mol. The molecular formula is C15H24ClN3O. The summed E-state index contributed by atoms with van der Waals surface area (Å²) in [5.41, 5.74) is 0.305. The number of hydrogen-bond donors (Lipinski definition) is 2. The number of halogens is 1. The molecule has 0 aliphatic rings. The lowest BCUT2D eigenvalue weighted by atomic mass is 9.89. The first-order valence-electron chi connectivity index (χ1n) is 7.23. The van der Waals surface area contributed by atoms with Crippen molar-refractivity contribution in [2.45, 2.75) is 52.5 Å². The minimum absolute atomic E-state index is 0.137. The number of rotatable bonds is 7. The van der Waals surface area contributed by atoms with Crippen molar-refractivity contribution in [1.29, 1.82) is 0 Å². The van der Waals surface area contributed by atoms with Crippen LogP contribution in [0.3, 0.4) is 0 Å². The topological polar surface area (TPSA) is 54.0 Å². The Kier molecular flexibility index (Phi) is 6.27. The summed E-state index contributed by atoms with van der Waals surface area (Å²) in [6, 6.07) is 1.70. The van der Waals surface area contributed by atoms with Gasteiger partial charge in [0, 0.05) is 18.3 Å². The van der Waals surface area contributed by atoms with Crippen molar-refractivity contribution < 1.29 is 4.79 Å². The van der Waals surface area contributed by atoms with Crippen molar-refractivity contribution >= 4 is 23.3 Å². The highest BCUT2D eigenvalue weighted by Crippen LogP contribution is 2.23. The first-order valence-corrected chi connectivity index (χ1v) is 7.61. The summed E-state index contributed by atoms with van der Waals surface area (Å²) in [6.07, 6.45) is 4.21. The number of carbonyl (C=O) groups excluding carboxylic acids is 1. The van der Waals surface area contributed by atoms with Crippen LogP contribution in [0, 0.1) is 0 Å². The van der Waals surface area contributed by atoms with Crippen LogP contribution in [0.15, 0.2) is 12.3 Å². The maximum atomic E-state index is 12.5. The smallest absolute Gasteiger partial charge is 0.253 e. The number of pyridine rings is 1. The van der Waals surface area contributed by atoms with Gasteiger partial charge in [0.2, 0.25) is 0 Å². The Hall–Kier alpha value is -1.29. The van der Waals surface area contributed by atoms with Crippen molar-refractivity contribution in [2.24, 2.45) is 0 Å². The highest BCUT2D eigenvalue weighted by molar-refractivity contribution is 6.33. The highest BCUT2D eigenvalue weighted by atomic mass is 35.5. The summed E-state index contributed by atoms with van der Waals surface area (Å²) in [7, 11) is 0. The molecule has 1 aromatic heterocycles. The van der Waals surface area contributed by atoms with Crippen molar-refractivity contribution in [3.05, 3.63) is 22.8 Å². The Morgan fingerprint density at radius 1 is 1.25 bits per heavy atom. The predicted molar refractivity (Wildman–Crippen MR) is 84.5 cm³/mol. The lowest BCUT2D eigenvalue weighted by molar-refractivity contribution is 0.0888. The van der Waals surface area contributed by atoms with Gasteiger partial charge in [-0.25, -0.2) is 4.98 Å². The molecule has 0 atom stereocenters. The second-order valence-corrected chi connectivity index (χ2v) is 5.28. The lowest BCUT2D eigenvalue weighted by Gasteiger charge is -2.32. The van der Waals surface area contributed by atoms with Gasteiger partial charge in [-0.05, 0) is 32.3 Å². The second-order valence-electron chi connectivity index (χ2n) is 4.87. The molecule has 0 aromatic carbocycles. The van der Waals surface area contributed by atoms with Gasteiger partial charge in [-0.2, -0.15) is 0 Å². The molecule has 20 heavy (non-hydrogen) atoms. The normalized spacial score (nSPS) is 11.2. The van der Waals surface area contributed by atoms with Gasteiger partial charge < -0.3 is 10.6 Å². The summed E-state index contributed by atoms with van der Waals surface area (Å²) >= 11 is 6.10. The first-order chi connectivity index (χ1) is 9.51. The van der Waals surface area contributed by atoms with E-state index < -0.39 is 0 Å². The Balaban J connectivity index is 2.99. The molecule has 0 saturated carbocycles. The molecule has 0 radical (unpaired) electrons. The van der Waals surface area contributed by atoms with Gasteiger partial charge in [0.1, 0.15) is 5.82 Å². The number of anilines is 1. The van der Waals surface area contributed by atoms with Crippen LogP contribution in [0.5, 0.6) is 0 Å². The van der Waals surface area contributed by atoms with Gasteiger partial charge >= 0.3 is 0 Å². The maximum absolute atomic E-state index is 12.5. The molecule has 5 heteroatoms. The number of carbonyl (C=O) groups is 1. The van der Waals surface area contributed by atoms with Crippen molar-refractivity contribution in [3.63, 3.8) is 0 Å². The molecule has 0 bridgehead atoms. The fourth-order valence-corrected chi connectivity index (χ4v) is 2.40. The van der Waals surface area contributed by atoms with Crippen LogP contribution in [-0.4, -0.2) is 23.0 Å². The molecule has 0 saturated heterocycles. The van der Waals surface area contributed by atoms with Crippen molar-refractivity contribution in [1.82, 2.24) is 10.3 Å². The molecule has 0 spiro atoms. The third-order valence-electron chi connectivity index (χ3n) is 3.87. The van der Waals surface area contributed by atoms with Gasteiger partial charge in [0.25, 0.3) is 5.91 Å². The number of aromatic nitrogens is 1. The number of nitrogens with zero attached hydrogens (tertiary/aromatic N) is 1. The number of nitrogens with one attached hydrogen (secondary N) is 2. The van der Waals surface area contributed by atoms with E-state index in [2.05, 4.69) is 36.4 Å². The average Bonchev–Trinajstić information content (AvgIpc) is 2.47. The minimum atomic E-state index is -0.165. The molecule has 112 valence electrons. The van der Waals surface area contributed by atoms with Crippen LogP contribution >= 0.6 is 11.6 Å². The standard InChI is InChI=1S/C15H24ClN3O/c1-5-15(6-2,7-3)19-14(20)11-9-13(17-8-4)18-10-12(11)16/h9-10H,5-8H2,1-4H3,(H,17,18)(H,19,20). The molecule has 0 fully saturated rings. The van der Waals surface area contributed by atoms with Crippen LogP contribution in [0.4, 0.5) is 5.82 Å². The van der Waals surface area contributed by atoms with Gasteiger partial charge in [0.15, 0.2) is 0 Å². The van der Waals surface area contributed by atoms with E-state index in [-0.39, 0.29) is 11.4 Å². The Bertz CT molecular complexity index is 450. The summed E-state index contributed by atoms with van der Waals surface area (Å²) in [4.78, 5) is 16.6. The van der Waals surface area contributed by atoms with Gasteiger partial charge in [-0.15, -0.1) is 0 Å². The zero-order valence-corrected chi connectivity index (χ0v) is 13.5. The SMILES string of the molecule is CCNc1cc(C(=O)NC(CC)(CC)CC)c(Cl)cn1. The van der Waals surface area contributed by atoms with E-state index in [1.54, 1.807) is 6.07 Å². The summed E-state index contributed by atoms with van der Waals surface area (Å²) in [5.74, 6) is 0.527. The maximum Gasteiger partial charge on any atom is 0.253 e. The fourth-order valence-electron chi connectivity index (χ4n) is 2.21. The van der Waals surface area contributed by atoms with Crippen LogP contribution in [-0.2, 0) is 0 Å². The quantitative estimate of drug-likeness (QED) is 0.803. The Morgan fingerprint density at radius 2 is 1.85 bits per heavy atom. The molecular weight excluding hydrogens is 274 g/mol. The molecule has 0 aliphatic heterocycles. The molecule has 0 unspecified atom stereocenters. The Morgan fingerprint density at radius 3 is 2.35 bits per heavy atom. The molecule has 1 amide bonds. The second kappa shape index (κ2) is 7.48. The van der Waals surface area contributed by atoms with Crippen LogP contribution in [0.25, 0.3) is 0 Å². The van der Waals surface area contributed by atoms with Crippen LogP contribution in [0.1, 0.15) is 57.3 Å². The number of amides is 1. The van der Waals surface area contributed by atoms with E-state index in [0.29, 0.717) is 16.4 Å². The first kappa shape index (κ1) is 16.8. The van der Waals surface area contributed by atoms with Crippen molar-refractivity contribution in [2.75, 3.05) is 11.9 Å². The van der Waals surface area contributed by atoms with Crippen LogP contribution in [0.2, 0.25) is 5.02 Å². The monoisotopic (exact) mass is 297 g/mol. The minimum Gasteiger partial charge on any atom is -0.370 e. The molecule has 2 N–H and O–H groups in total. The van der Waals surface area contributed by atoms with E-state index in [4.69, 9.17) is 11.6 Å². The molecule has 1 aromatic rings. The highest BCUT2D eigenvalue weighted by Gasteiger charge is 2.27. The fraction of sp³-hybridized carbons (Fsp3) is 0.600. The largest absolute Gasteiger partial charge is 0.370 e. The summed E-state index contributed by atoms with van der Waals surface area (Å²) < 4.78 is 0. The molecule has 1 rings (SSSR count). The third-order valence-corrected chi connectivity index (χ3v) is 4.17. The van der Waals surface area contributed by atoms with E-state index in [0.717, 1.165) is 25.8 Å². The van der Waals surface area contributed by atoms with Crippen molar-refractivity contribution in [3.8, 4) is 0 Å². The van der Waals surface area contributed by atoms with E-state index >= 15 is 0 Å². The van der Waals surface area contributed by atoms with Gasteiger partial charge in [-0.3, -0.25) is 4.79 Å². The lowest BCUT2D eigenvalue weighted by Crippen LogP contribution is -2.47. The van der Waals surface area contributed by atoms with E-state index in [9.17, 15) is 4.79 Å². The number of hydrogen-bond acceptors (Lipinski definition) is 3. The van der Waals surface area contributed by atoms with Gasteiger partial charge in [0.05, 0.1) is 10.6 Å². The molecule has 0 aliphatic carbocycles. The van der Waals surface area contributed by atoms with E-state index in [1.807, 2.05) is 6.92 Å². The summed E-state index contributed by atoms with van der Waals surface area (Å²) in [6.45, 7) is 8.99. The molecule has 1 heterocycles. The van der Waals surface area contributed by atoms with Gasteiger partial charge in [-0.1, -0.05) is 32.4 Å². The molecule has 4 nitrogen and oxygen atoms in total.